The lowest BCUT2D eigenvalue weighted by Crippen LogP contribution is -2.29. The van der Waals surface area contributed by atoms with Crippen molar-refractivity contribution < 1.29 is 14.4 Å². The van der Waals surface area contributed by atoms with Gasteiger partial charge < -0.3 is 14.9 Å². The highest BCUT2D eigenvalue weighted by atomic mass is 16.6. The van der Waals surface area contributed by atoms with Crippen molar-refractivity contribution in [3.63, 3.8) is 0 Å². The van der Waals surface area contributed by atoms with Crippen molar-refractivity contribution in [2.75, 3.05) is 14.2 Å². The van der Waals surface area contributed by atoms with Gasteiger partial charge in [-0.3, -0.25) is 4.79 Å². The van der Waals surface area contributed by atoms with Gasteiger partial charge in [0.05, 0.1) is 7.05 Å². The molecule has 1 heterocycles. The average Bonchev–Trinajstić information content (AvgIpc) is 3.17. The van der Waals surface area contributed by atoms with E-state index in [9.17, 15) is 4.79 Å². The molecule has 0 atom stereocenters. The Labute approximate surface area is 168 Å². The summed E-state index contributed by atoms with van der Waals surface area (Å²) in [6.45, 7) is 2.21. The number of oxime groups is 1. The van der Waals surface area contributed by atoms with Crippen LogP contribution in [0.3, 0.4) is 0 Å². The molecule has 0 saturated carbocycles. The Kier molecular flexibility index (Phi) is 6.18. The van der Waals surface area contributed by atoms with Crippen LogP contribution in [-0.2, 0) is 23.3 Å². The van der Waals surface area contributed by atoms with Crippen molar-refractivity contribution >= 4 is 11.6 Å². The van der Waals surface area contributed by atoms with Crippen LogP contribution in [0.15, 0.2) is 47.6 Å². The first kappa shape index (κ1) is 20.0. The van der Waals surface area contributed by atoms with E-state index in [0.29, 0.717) is 11.4 Å². The molecule has 0 aliphatic heterocycles. The number of aryl methyl sites for hydroxylation is 2. The molecule has 2 aromatic carbocycles. The maximum absolute atomic E-state index is 12.2. The quantitative estimate of drug-likeness (QED) is 0.485. The molecule has 0 saturated heterocycles. The number of nitrogens with zero attached hydrogens (tertiary/aromatic N) is 5. The van der Waals surface area contributed by atoms with E-state index in [0.717, 1.165) is 22.4 Å². The minimum atomic E-state index is -0.337. The maximum atomic E-state index is 12.2. The van der Waals surface area contributed by atoms with Crippen LogP contribution in [0, 0.1) is 6.92 Å². The maximum Gasteiger partial charge on any atom is 0.273 e. The second-order valence-corrected chi connectivity index (χ2v) is 6.23. The first-order valence-corrected chi connectivity index (χ1v) is 8.92. The number of amides is 1. The van der Waals surface area contributed by atoms with Gasteiger partial charge in [-0.2, -0.15) is 4.80 Å². The molecule has 0 fully saturated rings. The van der Waals surface area contributed by atoms with Gasteiger partial charge in [0.25, 0.3) is 5.91 Å². The number of aromatic nitrogens is 4. The van der Waals surface area contributed by atoms with E-state index in [2.05, 4.69) is 25.9 Å². The summed E-state index contributed by atoms with van der Waals surface area (Å²) in [7, 11) is 4.67. The van der Waals surface area contributed by atoms with E-state index in [-0.39, 0.29) is 18.2 Å². The second-order valence-electron chi connectivity index (χ2n) is 6.23. The van der Waals surface area contributed by atoms with E-state index in [1.54, 1.807) is 14.1 Å². The first-order valence-electron chi connectivity index (χ1n) is 8.92. The highest BCUT2D eigenvalue weighted by Crippen LogP contribution is 2.25. The fourth-order valence-electron chi connectivity index (χ4n) is 2.81. The minimum Gasteiger partial charge on any atom is -0.489 e. The Bertz CT molecular complexity index is 1040. The minimum absolute atomic E-state index is 0.190. The Morgan fingerprint density at radius 2 is 2.03 bits per heavy atom. The fraction of sp³-hybridized carbons (Fsp3) is 0.250. The zero-order valence-electron chi connectivity index (χ0n) is 16.7. The third-order valence-electron chi connectivity index (χ3n) is 4.22. The number of ether oxygens (including phenoxy) is 1. The van der Waals surface area contributed by atoms with Crippen molar-refractivity contribution in [1.29, 1.82) is 0 Å². The summed E-state index contributed by atoms with van der Waals surface area (Å²) < 4.78 is 6.01. The van der Waals surface area contributed by atoms with Crippen LogP contribution in [0.1, 0.15) is 16.7 Å². The molecule has 0 bridgehead atoms. The third kappa shape index (κ3) is 4.57. The van der Waals surface area contributed by atoms with Gasteiger partial charge in [0.15, 0.2) is 5.71 Å². The molecule has 9 heteroatoms. The van der Waals surface area contributed by atoms with Gasteiger partial charge in [0.2, 0.25) is 5.82 Å². The smallest absolute Gasteiger partial charge is 0.273 e. The SMILES string of the molecule is CNC(=O)C(=NOC)c1ccccc1COc1ccc(-c2nnn(C)n2)cc1C. The largest absolute Gasteiger partial charge is 0.489 e. The van der Waals surface area contributed by atoms with E-state index >= 15 is 0 Å². The molecule has 0 spiro atoms. The van der Waals surface area contributed by atoms with Gasteiger partial charge >= 0.3 is 0 Å². The van der Waals surface area contributed by atoms with Crippen LogP contribution < -0.4 is 10.1 Å². The zero-order chi connectivity index (χ0) is 20.8. The molecule has 9 nitrogen and oxygen atoms in total. The Morgan fingerprint density at radius 1 is 1.24 bits per heavy atom. The monoisotopic (exact) mass is 394 g/mol. The Morgan fingerprint density at radius 3 is 2.69 bits per heavy atom. The number of benzene rings is 2. The number of hydrogen-bond acceptors (Lipinski definition) is 7. The predicted octanol–water partition coefficient (Wildman–Crippen LogP) is 1.86. The van der Waals surface area contributed by atoms with E-state index in [1.165, 1.54) is 11.9 Å². The van der Waals surface area contributed by atoms with Gasteiger partial charge in [-0.15, -0.1) is 10.2 Å². The molecule has 150 valence electrons. The number of rotatable bonds is 7. The van der Waals surface area contributed by atoms with Crippen molar-refractivity contribution in [3.8, 4) is 17.1 Å². The lowest BCUT2D eigenvalue weighted by Gasteiger charge is -2.13. The highest BCUT2D eigenvalue weighted by Gasteiger charge is 2.17. The normalized spacial score (nSPS) is 11.2. The molecular formula is C20H22N6O3. The average molecular weight is 394 g/mol. The summed E-state index contributed by atoms with van der Waals surface area (Å²) >= 11 is 0. The fourth-order valence-corrected chi connectivity index (χ4v) is 2.81. The standard InChI is InChI=1S/C20H22N6O3/c1-13-11-14(19-22-25-26(3)23-19)9-10-17(13)29-12-15-7-5-6-8-16(15)18(24-28-4)20(27)21-2/h5-11H,12H2,1-4H3,(H,21,27). The topological polar surface area (TPSA) is 104 Å². The molecular weight excluding hydrogens is 372 g/mol. The molecule has 0 aliphatic carbocycles. The third-order valence-corrected chi connectivity index (χ3v) is 4.22. The molecule has 3 rings (SSSR count). The number of carbonyl (C=O) groups excluding carboxylic acids is 1. The van der Waals surface area contributed by atoms with Gasteiger partial charge in [0, 0.05) is 18.2 Å². The van der Waals surface area contributed by atoms with Gasteiger partial charge in [-0.1, -0.05) is 29.4 Å². The Balaban J connectivity index is 1.82. The summed E-state index contributed by atoms with van der Waals surface area (Å²) in [5.41, 5.74) is 3.44. The predicted molar refractivity (Wildman–Crippen MR) is 107 cm³/mol. The van der Waals surface area contributed by atoms with Crippen LogP contribution in [0.4, 0.5) is 0 Å². The summed E-state index contributed by atoms with van der Waals surface area (Å²) in [5.74, 6) is 0.937. The summed E-state index contributed by atoms with van der Waals surface area (Å²) in [6.07, 6.45) is 0. The van der Waals surface area contributed by atoms with Crippen molar-refractivity contribution in [3.05, 3.63) is 59.2 Å². The molecule has 29 heavy (non-hydrogen) atoms. The summed E-state index contributed by atoms with van der Waals surface area (Å²) in [4.78, 5) is 18.4. The van der Waals surface area contributed by atoms with Crippen LogP contribution in [0.5, 0.6) is 5.75 Å². The first-order chi connectivity index (χ1) is 14.0. The summed E-state index contributed by atoms with van der Waals surface area (Å²) in [5, 5.41) is 18.5. The highest BCUT2D eigenvalue weighted by molar-refractivity contribution is 6.45. The lowest BCUT2D eigenvalue weighted by molar-refractivity contribution is -0.114. The number of tetrazole rings is 1. The van der Waals surface area contributed by atoms with E-state index < -0.39 is 0 Å². The summed E-state index contributed by atoms with van der Waals surface area (Å²) in [6, 6.07) is 13.1. The number of nitrogens with one attached hydrogen (secondary N) is 1. The molecule has 1 amide bonds. The van der Waals surface area contributed by atoms with Crippen molar-refractivity contribution in [2.24, 2.45) is 12.2 Å². The number of hydrogen-bond donors (Lipinski definition) is 1. The van der Waals surface area contributed by atoms with Crippen LogP contribution >= 0.6 is 0 Å². The van der Waals surface area contributed by atoms with Gasteiger partial charge in [0.1, 0.15) is 19.5 Å². The van der Waals surface area contributed by atoms with Gasteiger partial charge in [-0.25, -0.2) is 0 Å². The molecule has 1 N–H and O–H groups in total. The number of likely N-dealkylation sites (N-methyl/N-ethyl adjacent to an activating group) is 1. The zero-order valence-corrected chi connectivity index (χ0v) is 16.7. The number of carbonyl (C=O) groups is 1. The van der Waals surface area contributed by atoms with Crippen molar-refractivity contribution in [1.82, 2.24) is 25.5 Å². The van der Waals surface area contributed by atoms with E-state index in [1.807, 2.05) is 49.4 Å². The van der Waals surface area contributed by atoms with Crippen LogP contribution in [0.2, 0.25) is 0 Å². The van der Waals surface area contributed by atoms with E-state index in [4.69, 9.17) is 9.57 Å². The second kappa shape index (κ2) is 8.96. The molecule has 0 unspecified atom stereocenters. The molecule has 1 aromatic heterocycles. The van der Waals surface area contributed by atoms with Crippen LogP contribution in [0.25, 0.3) is 11.4 Å². The van der Waals surface area contributed by atoms with Crippen molar-refractivity contribution in [2.45, 2.75) is 13.5 Å². The molecule has 0 aliphatic rings. The van der Waals surface area contributed by atoms with Gasteiger partial charge in [-0.05, 0) is 41.5 Å². The van der Waals surface area contributed by atoms with Crippen LogP contribution in [-0.4, -0.2) is 46.0 Å². The lowest BCUT2D eigenvalue weighted by atomic mass is 10.0. The molecule has 3 aromatic rings. The Hall–Kier alpha value is -3.75. The molecule has 0 radical (unpaired) electrons.